The predicted octanol–water partition coefficient (Wildman–Crippen LogP) is 2.44. The van der Waals surface area contributed by atoms with E-state index in [9.17, 15) is 13.2 Å². The average Bonchev–Trinajstić information content (AvgIpc) is 2.66. The Morgan fingerprint density at radius 3 is 2.38 bits per heavy atom. The summed E-state index contributed by atoms with van der Waals surface area (Å²) in [4.78, 5) is 11.3. The van der Waals surface area contributed by atoms with Crippen LogP contribution in [0, 0.1) is 0 Å². The maximum Gasteiger partial charge on any atom is 0.250 e. The monoisotopic (exact) mass is 330 g/mol. The van der Waals surface area contributed by atoms with Crippen LogP contribution in [-0.4, -0.2) is 20.4 Å². The number of primary amides is 1. The summed E-state index contributed by atoms with van der Waals surface area (Å²) < 4.78 is 27.5. The first-order chi connectivity index (χ1) is 9.90. The molecule has 1 aromatic carbocycles. The van der Waals surface area contributed by atoms with Crippen molar-refractivity contribution in [3.05, 3.63) is 28.8 Å². The minimum atomic E-state index is -3.67. The largest absolute Gasteiger partial charge is 0.366 e. The Labute approximate surface area is 129 Å². The van der Waals surface area contributed by atoms with Crippen LogP contribution in [0.4, 0.5) is 0 Å². The smallest absolute Gasteiger partial charge is 0.250 e. The lowest BCUT2D eigenvalue weighted by atomic mass is 10.1. The molecule has 1 aliphatic rings. The maximum absolute atomic E-state index is 12.4. The summed E-state index contributed by atoms with van der Waals surface area (Å²) in [6.07, 6.45) is 6.03. The minimum absolute atomic E-state index is 0.0143. The first-order valence-electron chi connectivity index (χ1n) is 7.02. The van der Waals surface area contributed by atoms with E-state index in [4.69, 9.17) is 17.3 Å². The SMILES string of the molecule is NC(=O)c1cc(S(=O)(=O)NC2CCCCCC2)ccc1Cl. The van der Waals surface area contributed by atoms with Gasteiger partial charge in [-0.05, 0) is 31.0 Å². The number of halogens is 1. The number of rotatable bonds is 4. The van der Waals surface area contributed by atoms with Crippen molar-refractivity contribution >= 4 is 27.5 Å². The third-order valence-corrected chi connectivity index (χ3v) is 5.54. The molecule has 0 atom stereocenters. The van der Waals surface area contributed by atoms with E-state index < -0.39 is 15.9 Å². The summed E-state index contributed by atoms with van der Waals surface area (Å²) >= 11 is 5.84. The van der Waals surface area contributed by atoms with Gasteiger partial charge in [0.2, 0.25) is 15.9 Å². The zero-order chi connectivity index (χ0) is 15.5. The number of hydrogen-bond acceptors (Lipinski definition) is 3. The second kappa shape index (κ2) is 6.77. The highest BCUT2D eigenvalue weighted by Crippen LogP contribution is 2.22. The van der Waals surface area contributed by atoms with Crippen molar-refractivity contribution in [3.63, 3.8) is 0 Å². The van der Waals surface area contributed by atoms with Crippen molar-refractivity contribution in [1.29, 1.82) is 0 Å². The van der Waals surface area contributed by atoms with Crippen molar-refractivity contribution in [2.45, 2.75) is 49.5 Å². The van der Waals surface area contributed by atoms with Crippen LogP contribution in [0.2, 0.25) is 5.02 Å². The third kappa shape index (κ3) is 4.18. The molecule has 1 saturated carbocycles. The molecular formula is C14H19ClN2O3S. The molecule has 0 radical (unpaired) electrons. The average molecular weight is 331 g/mol. The van der Waals surface area contributed by atoms with Gasteiger partial charge < -0.3 is 5.73 Å². The standard InChI is InChI=1S/C14H19ClN2O3S/c15-13-8-7-11(9-12(13)14(16)18)21(19,20)17-10-5-3-1-2-4-6-10/h7-10,17H,1-6H2,(H2,16,18). The van der Waals surface area contributed by atoms with E-state index >= 15 is 0 Å². The highest BCUT2D eigenvalue weighted by atomic mass is 35.5. The second-order valence-corrected chi connectivity index (χ2v) is 7.44. The summed E-state index contributed by atoms with van der Waals surface area (Å²) in [5, 5.41) is 0.149. The molecule has 1 aliphatic carbocycles. The molecule has 0 spiro atoms. The molecule has 1 amide bonds. The summed E-state index contributed by atoms with van der Waals surface area (Å²) in [5.41, 5.74) is 5.21. The van der Waals surface area contributed by atoms with Crippen molar-refractivity contribution < 1.29 is 13.2 Å². The van der Waals surface area contributed by atoms with Crippen molar-refractivity contribution in [2.75, 3.05) is 0 Å². The molecule has 21 heavy (non-hydrogen) atoms. The van der Waals surface area contributed by atoms with Crippen LogP contribution in [0.5, 0.6) is 0 Å². The molecule has 0 heterocycles. The van der Waals surface area contributed by atoms with Crippen LogP contribution in [-0.2, 0) is 10.0 Å². The first-order valence-corrected chi connectivity index (χ1v) is 8.88. The quantitative estimate of drug-likeness (QED) is 0.831. The first kappa shape index (κ1) is 16.3. The topological polar surface area (TPSA) is 89.3 Å². The Morgan fingerprint density at radius 2 is 1.81 bits per heavy atom. The van der Waals surface area contributed by atoms with Gasteiger partial charge in [0.25, 0.3) is 0 Å². The molecule has 116 valence electrons. The molecule has 7 heteroatoms. The van der Waals surface area contributed by atoms with Crippen molar-refractivity contribution in [3.8, 4) is 0 Å². The normalized spacial score (nSPS) is 17.4. The van der Waals surface area contributed by atoms with Crippen LogP contribution in [0.3, 0.4) is 0 Å². The Balaban J connectivity index is 2.22. The lowest BCUT2D eigenvalue weighted by molar-refractivity contribution is 0.1000. The van der Waals surface area contributed by atoms with Crippen molar-refractivity contribution in [2.24, 2.45) is 5.73 Å². The fraction of sp³-hybridized carbons (Fsp3) is 0.500. The van der Waals surface area contributed by atoms with E-state index in [-0.39, 0.29) is 21.5 Å². The van der Waals surface area contributed by atoms with Gasteiger partial charge in [-0.25, -0.2) is 13.1 Å². The fourth-order valence-corrected chi connectivity index (χ4v) is 4.09. The molecule has 0 unspecified atom stereocenters. The number of nitrogens with one attached hydrogen (secondary N) is 1. The number of benzene rings is 1. The van der Waals surface area contributed by atoms with Gasteiger partial charge in [0.05, 0.1) is 15.5 Å². The van der Waals surface area contributed by atoms with E-state index in [1.807, 2.05) is 0 Å². The van der Waals surface area contributed by atoms with Gasteiger partial charge in [-0.15, -0.1) is 0 Å². The predicted molar refractivity (Wildman–Crippen MR) is 81.8 cm³/mol. The Kier molecular flexibility index (Phi) is 5.24. The molecule has 5 nitrogen and oxygen atoms in total. The number of hydrogen-bond donors (Lipinski definition) is 2. The molecule has 2 rings (SSSR count). The van der Waals surface area contributed by atoms with Crippen LogP contribution in [0.15, 0.2) is 23.1 Å². The maximum atomic E-state index is 12.4. The summed E-state index contributed by atoms with van der Waals surface area (Å²) in [6, 6.07) is 3.94. The van der Waals surface area contributed by atoms with Gasteiger partial charge in [0.15, 0.2) is 0 Å². The number of carbonyl (C=O) groups is 1. The molecule has 0 saturated heterocycles. The number of sulfonamides is 1. The summed E-state index contributed by atoms with van der Waals surface area (Å²) in [5.74, 6) is -0.744. The van der Waals surface area contributed by atoms with E-state index in [1.165, 1.54) is 18.2 Å². The van der Waals surface area contributed by atoms with E-state index in [2.05, 4.69) is 4.72 Å². The highest BCUT2D eigenvalue weighted by Gasteiger charge is 2.22. The van der Waals surface area contributed by atoms with Crippen LogP contribution < -0.4 is 10.5 Å². The van der Waals surface area contributed by atoms with Gasteiger partial charge >= 0.3 is 0 Å². The molecule has 3 N–H and O–H groups in total. The summed E-state index contributed by atoms with van der Waals surface area (Å²) in [7, 11) is -3.67. The van der Waals surface area contributed by atoms with E-state index in [1.54, 1.807) is 0 Å². The third-order valence-electron chi connectivity index (χ3n) is 3.69. The van der Waals surface area contributed by atoms with Crippen molar-refractivity contribution in [1.82, 2.24) is 4.72 Å². The van der Waals surface area contributed by atoms with Gasteiger partial charge in [-0.2, -0.15) is 0 Å². The minimum Gasteiger partial charge on any atom is -0.366 e. The van der Waals surface area contributed by atoms with Gasteiger partial charge in [0.1, 0.15) is 0 Å². The number of carbonyl (C=O) groups excluding carboxylic acids is 1. The molecule has 0 bridgehead atoms. The Bertz CT molecular complexity index is 623. The van der Waals surface area contributed by atoms with Gasteiger partial charge in [0, 0.05) is 6.04 Å². The molecular weight excluding hydrogens is 312 g/mol. The van der Waals surface area contributed by atoms with Crippen LogP contribution >= 0.6 is 11.6 Å². The van der Waals surface area contributed by atoms with Crippen LogP contribution in [0.25, 0.3) is 0 Å². The van der Waals surface area contributed by atoms with E-state index in [0.29, 0.717) is 0 Å². The zero-order valence-electron chi connectivity index (χ0n) is 11.6. The van der Waals surface area contributed by atoms with Crippen LogP contribution in [0.1, 0.15) is 48.9 Å². The number of nitrogens with two attached hydrogens (primary N) is 1. The lowest BCUT2D eigenvalue weighted by Crippen LogP contribution is -2.34. The second-order valence-electron chi connectivity index (χ2n) is 5.32. The molecule has 1 fully saturated rings. The van der Waals surface area contributed by atoms with Gasteiger partial charge in [-0.1, -0.05) is 37.3 Å². The highest BCUT2D eigenvalue weighted by molar-refractivity contribution is 7.89. The lowest BCUT2D eigenvalue weighted by Gasteiger charge is -2.16. The van der Waals surface area contributed by atoms with Gasteiger partial charge in [-0.3, -0.25) is 4.79 Å². The molecule has 1 aromatic rings. The fourth-order valence-electron chi connectivity index (χ4n) is 2.55. The molecule has 0 aromatic heterocycles. The molecule has 0 aliphatic heterocycles. The Hall–Kier alpha value is -1.11. The number of amides is 1. The summed E-state index contributed by atoms with van der Waals surface area (Å²) in [6.45, 7) is 0. The van der Waals surface area contributed by atoms with E-state index in [0.717, 1.165) is 38.5 Å². The Morgan fingerprint density at radius 1 is 1.19 bits per heavy atom. The zero-order valence-corrected chi connectivity index (χ0v) is 13.2.